The van der Waals surface area contributed by atoms with Crippen LogP contribution in [0.5, 0.6) is 0 Å². The van der Waals surface area contributed by atoms with Gasteiger partial charge in [-0.15, -0.1) is 12.4 Å². The molecule has 0 atom stereocenters. The summed E-state index contributed by atoms with van der Waals surface area (Å²) in [5.74, 6) is 0.828. The molecule has 35 heavy (non-hydrogen) atoms. The van der Waals surface area contributed by atoms with E-state index in [0.29, 0.717) is 11.8 Å². The molecule has 3 aromatic rings. The summed E-state index contributed by atoms with van der Waals surface area (Å²) < 4.78 is 0. The zero-order chi connectivity index (χ0) is 23.2. The Morgan fingerprint density at radius 3 is 1.77 bits per heavy atom. The molecule has 3 aromatic carbocycles. The van der Waals surface area contributed by atoms with Crippen LogP contribution in [0.25, 0.3) is 0 Å². The molecule has 2 aliphatic rings. The van der Waals surface area contributed by atoms with Crippen molar-refractivity contribution in [2.45, 2.75) is 38.0 Å². The zero-order valence-electron chi connectivity index (χ0n) is 20.5. The maximum atomic E-state index is 13.4. The number of amides is 1. The average Bonchev–Trinajstić information content (AvgIpc) is 3.20. The van der Waals surface area contributed by atoms with Gasteiger partial charge in [0.25, 0.3) is 0 Å². The minimum Gasteiger partial charge on any atom is -0.342 e. The summed E-state index contributed by atoms with van der Waals surface area (Å²) in [6, 6.07) is 32.3. The molecule has 1 spiro atoms. The summed E-state index contributed by atoms with van der Waals surface area (Å²) in [6.07, 6.45) is 5.11. The lowest BCUT2D eigenvalue weighted by atomic mass is 9.77. The van der Waals surface area contributed by atoms with Crippen molar-refractivity contribution in [3.05, 3.63) is 108 Å². The molecule has 5 rings (SSSR count). The quantitative estimate of drug-likeness (QED) is 0.377. The highest BCUT2D eigenvalue weighted by molar-refractivity contribution is 5.85. The molecule has 0 saturated carbocycles. The van der Waals surface area contributed by atoms with Gasteiger partial charge in [0.1, 0.15) is 0 Å². The monoisotopic (exact) mass is 488 g/mol. The minimum atomic E-state index is -0.106. The summed E-state index contributed by atoms with van der Waals surface area (Å²) in [6.45, 7) is 4.93. The van der Waals surface area contributed by atoms with Crippen LogP contribution in [-0.2, 0) is 11.2 Å². The van der Waals surface area contributed by atoms with Crippen LogP contribution in [0.3, 0.4) is 0 Å². The van der Waals surface area contributed by atoms with E-state index in [9.17, 15) is 4.79 Å². The second-order valence-corrected chi connectivity index (χ2v) is 10.1. The second-order valence-electron chi connectivity index (χ2n) is 10.1. The molecule has 3 nitrogen and oxygen atoms in total. The summed E-state index contributed by atoms with van der Waals surface area (Å²) >= 11 is 0. The normalized spacial score (nSPS) is 17.6. The first-order chi connectivity index (χ1) is 16.7. The van der Waals surface area contributed by atoms with E-state index in [-0.39, 0.29) is 17.8 Å². The van der Waals surface area contributed by atoms with Crippen molar-refractivity contribution in [3.8, 4) is 0 Å². The van der Waals surface area contributed by atoms with Crippen molar-refractivity contribution in [2.75, 3.05) is 32.7 Å². The molecule has 0 radical (unpaired) electrons. The Morgan fingerprint density at radius 1 is 0.686 bits per heavy atom. The minimum absolute atomic E-state index is 0. The van der Waals surface area contributed by atoms with Crippen LogP contribution < -0.4 is 0 Å². The first-order valence-corrected chi connectivity index (χ1v) is 12.9. The van der Waals surface area contributed by atoms with Gasteiger partial charge in [-0.05, 0) is 68.4 Å². The van der Waals surface area contributed by atoms with Gasteiger partial charge >= 0.3 is 0 Å². The van der Waals surface area contributed by atoms with Gasteiger partial charge in [-0.3, -0.25) is 4.79 Å². The van der Waals surface area contributed by atoms with Gasteiger partial charge in [0.15, 0.2) is 0 Å². The smallest absolute Gasteiger partial charge is 0.228 e. The third-order valence-corrected chi connectivity index (χ3v) is 8.07. The molecule has 0 unspecified atom stereocenters. The van der Waals surface area contributed by atoms with E-state index in [2.05, 4.69) is 101 Å². The molecule has 0 bridgehead atoms. The number of nitrogens with zero attached hydrogens (tertiary/aromatic N) is 2. The standard InChI is InChI=1S/C31H36N2O.ClH/c34-30-31(20-25-33(30)22-16-26-10-4-1-5-11-26)18-23-32(24-19-31)21-17-29(27-12-6-2-7-13-27)28-14-8-3-9-15-28;/h1-15,29H,16-25H2;1H. The van der Waals surface area contributed by atoms with Gasteiger partial charge in [-0.2, -0.15) is 0 Å². The third kappa shape index (κ3) is 5.97. The van der Waals surface area contributed by atoms with Gasteiger partial charge in [0, 0.05) is 19.0 Å². The van der Waals surface area contributed by atoms with Gasteiger partial charge in [0.2, 0.25) is 5.91 Å². The van der Waals surface area contributed by atoms with Crippen molar-refractivity contribution in [1.29, 1.82) is 0 Å². The molecule has 0 aliphatic carbocycles. The molecule has 2 aliphatic heterocycles. The maximum absolute atomic E-state index is 13.4. The Morgan fingerprint density at radius 2 is 1.20 bits per heavy atom. The van der Waals surface area contributed by atoms with E-state index < -0.39 is 0 Å². The van der Waals surface area contributed by atoms with Crippen molar-refractivity contribution in [3.63, 3.8) is 0 Å². The number of halogens is 1. The average molecular weight is 489 g/mol. The molecular weight excluding hydrogens is 452 g/mol. The number of rotatable bonds is 8. The molecule has 1 amide bonds. The van der Waals surface area contributed by atoms with E-state index in [1.807, 2.05) is 0 Å². The van der Waals surface area contributed by atoms with E-state index in [0.717, 1.165) is 64.8 Å². The summed E-state index contributed by atoms with van der Waals surface area (Å²) in [5.41, 5.74) is 3.99. The molecule has 2 saturated heterocycles. The lowest BCUT2D eigenvalue weighted by Crippen LogP contribution is -2.45. The van der Waals surface area contributed by atoms with Crippen LogP contribution >= 0.6 is 12.4 Å². The van der Waals surface area contributed by atoms with Crippen LogP contribution in [0.15, 0.2) is 91.0 Å². The molecule has 184 valence electrons. The highest BCUT2D eigenvalue weighted by Gasteiger charge is 2.47. The van der Waals surface area contributed by atoms with Crippen molar-refractivity contribution in [1.82, 2.24) is 9.80 Å². The first kappa shape index (κ1) is 25.5. The lowest BCUT2D eigenvalue weighted by molar-refractivity contribution is -0.138. The Hall–Kier alpha value is -2.62. The zero-order valence-corrected chi connectivity index (χ0v) is 21.3. The van der Waals surface area contributed by atoms with Crippen molar-refractivity contribution >= 4 is 18.3 Å². The van der Waals surface area contributed by atoms with Crippen LogP contribution in [0.1, 0.15) is 48.3 Å². The van der Waals surface area contributed by atoms with Gasteiger partial charge < -0.3 is 9.80 Å². The summed E-state index contributed by atoms with van der Waals surface area (Å²) in [4.78, 5) is 18.1. The molecule has 4 heteroatoms. The molecule has 2 heterocycles. The number of likely N-dealkylation sites (tertiary alicyclic amines) is 2. The second kappa shape index (κ2) is 11.9. The number of hydrogen-bond donors (Lipinski definition) is 0. The van der Waals surface area contributed by atoms with Crippen LogP contribution in [0.2, 0.25) is 0 Å². The largest absolute Gasteiger partial charge is 0.342 e. The molecule has 2 fully saturated rings. The molecular formula is C31H37ClN2O. The van der Waals surface area contributed by atoms with E-state index in [4.69, 9.17) is 0 Å². The Balaban J connectivity index is 0.00000289. The van der Waals surface area contributed by atoms with Crippen LogP contribution in [-0.4, -0.2) is 48.4 Å². The third-order valence-electron chi connectivity index (χ3n) is 8.07. The number of carbonyl (C=O) groups is 1. The van der Waals surface area contributed by atoms with E-state index in [1.54, 1.807) is 0 Å². The van der Waals surface area contributed by atoms with Gasteiger partial charge in [0.05, 0.1) is 5.41 Å². The van der Waals surface area contributed by atoms with Crippen molar-refractivity contribution in [2.24, 2.45) is 5.41 Å². The highest BCUT2D eigenvalue weighted by Crippen LogP contribution is 2.42. The fraction of sp³-hybridized carbons (Fsp3) is 0.387. The van der Waals surface area contributed by atoms with Gasteiger partial charge in [-0.25, -0.2) is 0 Å². The maximum Gasteiger partial charge on any atom is 0.228 e. The summed E-state index contributed by atoms with van der Waals surface area (Å²) in [5, 5.41) is 0. The van der Waals surface area contributed by atoms with Crippen LogP contribution in [0, 0.1) is 5.41 Å². The molecule has 0 aromatic heterocycles. The summed E-state index contributed by atoms with van der Waals surface area (Å²) in [7, 11) is 0. The Labute approximate surface area is 216 Å². The van der Waals surface area contributed by atoms with Crippen molar-refractivity contribution < 1.29 is 4.79 Å². The number of piperidine rings is 1. The fourth-order valence-electron chi connectivity index (χ4n) is 5.89. The number of benzene rings is 3. The predicted octanol–water partition coefficient (Wildman–Crippen LogP) is 6.19. The lowest BCUT2D eigenvalue weighted by Gasteiger charge is -2.38. The van der Waals surface area contributed by atoms with E-state index >= 15 is 0 Å². The highest BCUT2D eigenvalue weighted by atomic mass is 35.5. The fourth-order valence-corrected chi connectivity index (χ4v) is 5.89. The topological polar surface area (TPSA) is 23.6 Å². The number of hydrogen-bond acceptors (Lipinski definition) is 2. The van der Waals surface area contributed by atoms with E-state index in [1.165, 1.54) is 16.7 Å². The Kier molecular flexibility index (Phi) is 8.64. The van der Waals surface area contributed by atoms with Gasteiger partial charge in [-0.1, -0.05) is 91.0 Å². The number of carbonyl (C=O) groups excluding carboxylic acids is 1. The first-order valence-electron chi connectivity index (χ1n) is 12.9. The Bertz CT molecular complexity index is 1010. The predicted molar refractivity (Wildman–Crippen MR) is 146 cm³/mol. The SMILES string of the molecule is Cl.O=C1N(CCc2ccccc2)CCC12CCN(CCC(c1ccccc1)c1ccccc1)CC2. The molecule has 0 N–H and O–H groups in total. The van der Waals surface area contributed by atoms with Crippen LogP contribution in [0.4, 0.5) is 0 Å².